The molecule has 0 radical (unpaired) electrons. The number of ether oxygens (including phenoxy) is 3. The Morgan fingerprint density at radius 2 is 0.746 bits per heavy atom. The van der Waals surface area contributed by atoms with Crippen molar-refractivity contribution in [2.45, 2.75) is 130 Å². The summed E-state index contributed by atoms with van der Waals surface area (Å²) in [5, 5.41) is 0. The van der Waals surface area contributed by atoms with Crippen LogP contribution in [0.2, 0.25) is 0 Å². The molecule has 1 atom stereocenters. The first kappa shape index (κ1) is 53.8. The molecule has 0 aliphatic rings. The van der Waals surface area contributed by atoms with Crippen LogP contribution in [0.15, 0.2) is 170 Å². The number of hydrogen-bond donors (Lipinski definition) is 0. The van der Waals surface area contributed by atoms with Crippen molar-refractivity contribution in [3.63, 3.8) is 0 Å². The van der Waals surface area contributed by atoms with Crippen LogP contribution in [0.4, 0.5) is 0 Å². The molecular weight excluding hydrogens is 733 g/mol. The van der Waals surface area contributed by atoms with Gasteiger partial charge >= 0.3 is 17.9 Å². The summed E-state index contributed by atoms with van der Waals surface area (Å²) in [6.45, 7) is 6.00. The Morgan fingerprint density at radius 1 is 0.373 bits per heavy atom. The van der Waals surface area contributed by atoms with Crippen LogP contribution >= 0.6 is 0 Å². The molecule has 0 bridgehead atoms. The molecule has 0 spiro atoms. The molecule has 0 aliphatic carbocycles. The normalized spacial score (nSPS) is 13.7. The quantitative estimate of drug-likeness (QED) is 0.0209. The van der Waals surface area contributed by atoms with Crippen molar-refractivity contribution in [2.24, 2.45) is 0 Å². The molecule has 0 saturated heterocycles. The number of esters is 3. The van der Waals surface area contributed by atoms with E-state index < -0.39 is 18.0 Å². The highest BCUT2D eigenvalue weighted by molar-refractivity contribution is 5.72. The zero-order valence-electron chi connectivity index (χ0n) is 36.4. The molecule has 0 aromatic heterocycles. The average molecular weight is 807 g/mol. The van der Waals surface area contributed by atoms with E-state index in [1.165, 1.54) is 0 Å². The van der Waals surface area contributed by atoms with Gasteiger partial charge in [0.2, 0.25) is 0 Å². The van der Waals surface area contributed by atoms with Crippen LogP contribution in [0.3, 0.4) is 0 Å². The molecule has 322 valence electrons. The maximum atomic E-state index is 12.7. The summed E-state index contributed by atoms with van der Waals surface area (Å²) < 4.78 is 16.5. The molecule has 0 aliphatic heterocycles. The van der Waals surface area contributed by atoms with E-state index in [1.807, 2.05) is 115 Å². The van der Waals surface area contributed by atoms with Gasteiger partial charge in [0.25, 0.3) is 0 Å². The van der Waals surface area contributed by atoms with Gasteiger partial charge in [-0.3, -0.25) is 14.4 Å². The number of carbonyl (C=O) groups excluding carboxylic acids is 3. The Morgan fingerprint density at radius 3 is 1.20 bits per heavy atom. The summed E-state index contributed by atoms with van der Waals surface area (Å²) in [6, 6.07) is 0. The van der Waals surface area contributed by atoms with Crippen molar-refractivity contribution >= 4 is 17.9 Å². The smallest absolute Gasteiger partial charge is 0.309 e. The summed E-state index contributed by atoms with van der Waals surface area (Å²) in [6.07, 6.45) is 68.0. The fourth-order valence-corrected chi connectivity index (χ4v) is 4.85. The van der Waals surface area contributed by atoms with Crippen molar-refractivity contribution in [1.82, 2.24) is 0 Å². The van der Waals surface area contributed by atoms with Crippen LogP contribution in [0.1, 0.15) is 124 Å². The van der Waals surface area contributed by atoms with E-state index in [0.717, 1.165) is 70.6 Å². The van der Waals surface area contributed by atoms with Gasteiger partial charge in [0.15, 0.2) is 6.10 Å². The third kappa shape index (κ3) is 43.7. The van der Waals surface area contributed by atoms with E-state index in [-0.39, 0.29) is 38.4 Å². The van der Waals surface area contributed by atoms with Gasteiger partial charge in [0.05, 0.1) is 6.42 Å². The molecule has 0 saturated carbocycles. The molecular formula is C53H74O6. The second kappa shape index (κ2) is 45.5. The van der Waals surface area contributed by atoms with Crippen LogP contribution in [-0.2, 0) is 28.6 Å². The van der Waals surface area contributed by atoms with Crippen molar-refractivity contribution in [1.29, 1.82) is 0 Å². The van der Waals surface area contributed by atoms with Crippen LogP contribution in [0.25, 0.3) is 0 Å². The van der Waals surface area contributed by atoms with Crippen LogP contribution in [0, 0.1) is 0 Å². The Bertz CT molecular complexity index is 1480. The number of unbranched alkanes of at least 4 members (excludes halogenated alkanes) is 6. The number of allylic oxidation sites excluding steroid dienone is 27. The van der Waals surface area contributed by atoms with Gasteiger partial charge in [0, 0.05) is 12.8 Å². The second-order valence-electron chi connectivity index (χ2n) is 13.4. The highest BCUT2D eigenvalue weighted by Crippen LogP contribution is 2.09. The van der Waals surface area contributed by atoms with E-state index in [1.54, 1.807) is 6.08 Å². The Labute approximate surface area is 358 Å². The van der Waals surface area contributed by atoms with Gasteiger partial charge in [-0.25, -0.2) is 0 Å². The SMILES string of the molecule is CC\C=C/C=C\C=C/C=C\C=C\C=C/C=C\CCCCCC(=O)OCC(COC(=O)C/C=C\C/C=C\C/C=C\CC)OC(=O)CCCCC\C=C/C=C\C=C/C=C\CC. The summed E-state index contributed by atoms with van der Waals surface area (Å²) >= 11 is 0. The summed E-state index contributed by atoms with van der Waals surface area (Å²) in [5.41, 5.74) is 0. The zero-order chi connectivity index (χ0) is 43.0. The Hall–Kier alpha value is -5.23. The minimum Gasteiger partial charge on any atom is -0.462 e. The fourth-order valence-electron chi connectivity index (χ4n) is 4.85. The molecule has 6 nitrogen and oxygen atoms in total. The first-order chi connectivity index (χ1) is 29.0. The fraction of sp³-hybridized carbons (Fsp3) is 0.415. The van der Waals surface area contributed by atoms with Gasteiger partial charge in [-0.1, -0.05) is 204 Å². The zero-order valence-corrected chi connectivity index (χ0v) is 36.4. The molecule has 0 aromatic rings. The van der Waals surface area contributed by atoms with Gasteiger partial charge in [0.1, 0.15) is 13.2 Å². The topological polar surface area (TPSA) is 78.9 Å². The van der Waals surface area contributed by atoms with Crippen LogP contribution in [-0.4, -0.2) is 37.2 Å². The van der Waals surface area contributed by atoms with Crippen molar-refractivity contribution in [3.8, 4) is 0 Å². The lowest BCUT2D eigenvalue weighted by Crippen LogP contribution is -2.30. The van der Waals surface area contributed by atoms with E-state index in [2.05, 4.69) is 69.4 Å². The highest BCUT2D eigenvalue weighted by atomic mass is 16.6. The number of rotatable bonds is 35. The predicted octanol–water partition coefficient (Wildman–Crippen LogP) is 14.1. The number of carbonyl (C=O) groups is 3. The minimum absolute atomic E-state index is 0.107. The Kier molecular flexibility index (Phi) is 41.4. The molecule has 1 unspecified atom stereocenters. The maximum Gasteiger partial charge on any atom is 0.309 e. The molecule has 59 heavy (non-hydrogen) atoms. The average Bonchev–Trinajstić information content (AvgIpc) is 3.23. The molecule has 0 rings (SSSR count). The van der Waals surface area contributed by atoms with Gasteiger partial charge < -0.3 is 14.2 Å². The second-order valence-corrected chi connectivity index (χ2v) is 13.4. The predicted molar refractivity (Wildman–Crippen MR) is 251 cm³/mol. The molecule has 0 aromatic carbocycles. The molecule has 0 amide bonds. The van der Waals surface area contributed by atoms with Gasteiger partial charge in [-0.05, 0) is 70.6 Å². The first-order valence-electron chi connectivity index (χ1n) is 21.8. The first-order valence-corrected chi connectivity index (χ1v) is 21.8. The van der Waals surface area contributed by atoms with E-state index in [9.17, 15) is 14.4 Å². The van der Waals surface area contributed by atoms with E-state index in [0.29, 0.717) is 12.8 Å². The lowest BCUT2D eigenvalue weighted by atomic mass is 10.1. The summed E-state index contributed by atoms with van der Waals surface area (Å²) in [5.74, 6) is -1.19. The molecule has 0 N–H and O–H groups in total. The molecule has 0 heterocycles. The lowest BCUT2D eigenvalue weighted by Gasteiger charge is -2.18. The van der Waals surface area contributed by atoms with E-state index >= 15 is 0 Å². The van der Waals surface area contributed by atoms with E-state index in [4.69, 9.17) is 14.2 Å². The number of hydrogen-bond acceptors (Lipinski definition) is 6. The standard InChI is InChI=1S/C53H74O6/c1-4-7-10-13-16-19-21-23-24-25-26-27-28-30-31-34-37-40-43-46-52(55)58-49-50(48-57-51(54)45-42-39-36-33-18-15-12-9-6-3)59-53(56)47-44-41-38-35-32-29-22-20-17-14-11-8-5-2/h7-14,16-33,39,42,50H,4-6,15,34-38,40-41,43-49H2,1-3H3/b10-7-,11-8-,12-9-,16-13-,17-14-,21-19-,22-20-,24-23-,26-25+,28-27-,31-30-,32-29-,33-18-,42-39-. The largest absolute Gasteiger partial charge is 0.462 e. The highest BCUT2D eigenvalue weighted by Gasteiger charge is 2.19. The maximum absolute atomic E-state index is 12.7. The van der Waals surface area contributed by atoms with Gasteiger partial charge in [-0.15, -0.1) is 0 Å². The summed E-state index contributed by atoms with van der Waals surface area (Å²) in [4.78, 5) is 37.6. The third-order valence-electron chi connectivity index (χ3n) is 8.02. The summed E-state index contributed by atoms with van der Waals surface area (Å²) in [7, 11) is 0. The van der Waals surface area contributed by atoms with Gasteiger partial charge in [-0.2, -0.15) is 0 Å². The lowest BCUT2D eigenvalue weighted by molar-refractivity contribution is -0.166. The molecule has 0 fully saturated rings. The van der Waals surface area contributed by atoms with Crippen molar-refractivity contribution in [2.75, 3.05) is 13.2 Å². The van der Waals surface area contributed by atoms with Crippen LogP contribution < -0.4 is 0 Å². The van der Waals surface area contributed by atoms with Crippen molar-refractivity contribution < 1.29 is 28.6 Å². The Balaban J connectivity index is 4.64. The minimum atomic E-state index is -0.860. The monoisotopic (exact) mass is 807 g/mol. The van der Waals surface area contributed by atoms with Crippen molar-refractivity contribution in [3.05, 3.63) is 170 Å². The van der Waals surface area contributed by atoms with Crippen LogP contribution in [0.5, 0.6) is 0 Å². The molecule has 6 heteroatoms. The third-order valence-corrected chi connectivity index (χ3v) is 8.02.